The van der Waals surface area contributed by atoms with Crippen LogP contribution in [0.25, 0.3) is 0 Å². The van der Waals surface area contributed by atoms with Gasteiger partial charge in [-0.15, -0.1) is 0 Å². The molecule has 1 aromatic carbocycles. The summed E-state index contributed by atoms with van der Waals surface area (Å²) in [6.07, 6.45) is 0. The Morgan fingerprint density at radius 3 is 2.75 bits per heavy atom. The van der Waals surface area contributed by atoms with Crippen molar-refractivity contribution < 1.29 is 14.3 Å². The first-order valence-electron chi connectivity index (χ1n) is 7.16. The van der Waals surface area contributed by atoms with Crippen LogP contribution in [0.4, 0.5) is 4.79 Å². The van der Waals surface area contributed by atoms with Crippen molar-refractivity contribution in [2.24, 2.45) is 0 Å². The van der Waals surface area contributed by atoms with Crippen LogP contribution in [0.1, 0.15) is 12.5 Å². The minimum absolute atomic E-state index is 0.128. The molecule has 8 heteroatoms. The van der Waals surface area contributed by atoms with Gasteiger partial charge in [0, 0.05) is 5.02 Å². The Hall–Kier alpha value is -1.76. The number of imide groups is 1. The Bertz CT molecular complexity index is 782. The third-order valence-electron chi connectivity index (χ3n) is 3.84. The maximum absolute atomic E-state index is 12.6. The van der Waals surface area contributed by atoms with Crippen molar-refractivity contribution in [2.45, 2.75) is 12.5 Å². The van der Waals surface area contributed by atoms with E-state index in [1.54, 1.807) is 25.1 Å². The molecular weight excluding hydrogens is 371 g/mol. The summed E-state index contributed by atoms with van der Waals surface area (Å²) in [6.45, 7) is 1.97. The predicted molar refractivity (Wildman–Crippen MR) is 93.9 cm³/mol. The van der Waals surface area contributed by atoms with E-state index < -0.39 is 11.6 Å². The summed E-state index contributed by atoms with van der Waals surface area (Å²) in [7, 11) is 0. The van der Waals surface area contributed by atoms with Crippen molar-refractivity contribution in [3.8, 4) is 5.75 Å². The minimum atomic E-state index is -1.03. The highest BCUT2D eigenvalue weighted by atomic mass is 35.5. The summed E-state index contributed by atoms with van der Waals surface area (Å²) in [4.78, 5) is 25.9. The molecule has 1 saturated heterocycles. The van der Waals surface area contributed by atoms with Gasteiger partial charge in [-0.05, 0) is 47.5 Å². The first-order chi connectivity index (χ1) is 11.4. The van der Waals surface area contributed by atoms with Crippen molar-refractivity contribution in [3.63, 3.8) is 0 Å². The Morgan fingerprint density at radius 1 is 1.29 bits per heavy atom. The maximum atomic E-state index is 12.6. The molecule has 5 nitrogen and oxygen atoms in total. The van der Waals surface area contributed by atoms with Gasteiger partial charge in [-0.2, -0.15) is 11.3 Å². The Balaban J connectivity index is 1.65. The van der Waals surface area contributed by atoms with E-state index in [1.807, 2.05) is 16.8 Å². The molecule has 0 spiro atoms. The topological polar surface area (TPSA) is 58.6 Å². The van der Waals surface area contributed by atoms with E-state index in [1.165, 1.54) is 11.3 Å². The van der Waals surface area contributed by atoms with Crippen LogP contribution in [-0.4, -0.2) is 30.0 Å². The molecule has 1 aromatic heterocycles. The molecule has 1 aliphatic rings. The number of hydrogen-bond acceptors (Lipinski definition) is 4. The van der Waals surface area contributed by atoms with Gasteiger partial charge >= 0.3 is 6.03 Å². The van der Waals surface area contributed by atoms with Crippen LogP contribution in [-0.2, 0) is 10.3 Å². The maximum Gasteiger partial charge on any atom is 0.325 e. The molecule has 2 aromatic rings. The number of carbonyl (C=O) groups excluding carboxylic acids is 2. The van der Waals surface area contributed by atoms with Gasteiger partial charge in [0.1, 0.15) is 17.9 Å². The smallest absolute Gasteiger partial charge is 0.325 e. The van der Waals surface area contributed by atoms with Gasteiger partial charge in [-0.1, -0.05) is 23.2 Å². The lowest BCUT2D eigenvalue weighted by Gasteiger charge is -2.20. The van der Waals surface area contributed by atoms with E-state index in [4.69, 9.17) is 27.9 Å². The molecule has 126 valence electrons. The molecule has 1 N–H and O–H groups in total. The summed E-state index contributed by atoms with van der Waals surface area (Å²) in [5, 5.41) is 7.35. The summed E-state index contributed by atoms with van der Waals surface area (Å²) in [5.41, 5.74) is -0.260. The average Bonchev–Trinajstić information content (AvgIpc) is 3.13. The average molecular weight is 385 g/mol. The summed E-state index contributed by atoms with van der Waals surface area (Å²) in [6, 6.07) is 6.27. The van der Waals surface area contributed by atoms with Crippen molar-refractivity contribution in [3.05, 3.63) is 50.6 Å². The van der Waals surface area contributed by atoms with Crippen LogP contribution in [0.15, 0.2) is 35.0 Å². The zero-order valence-electron chi connectivity index (χ0n) is 12.7. The van der Waals surface area contributed by atoms with E-state index in [0.717, 1.165) is 10.5 Å². The van der Waals surface area contributed by atoms with E-state index in [0.29, 0.717) is 15.8 Å². The minimum Gasteiger partial charge on any atom is -0.490 e. The number of benzene rings is 1. The molecule has 0 saturated carbocycles. The molecule has 2 heterocycles. The molecule has 3 amide bonds. The summed E-state index contributed by atoms with van der Waals surface area (Å²) in [5.74, 6) is 0.158. The second kappa shape index (κ2) is 6.63. The van der Waals surface area contributed by atoms with E-state index in [2.05, 4.69) is 5.32 Å². The Labute approximate surface area is 153 Å². The van der Waals surface area contributed by atoms with Gasteiger partial charge < -0.3 is 10.1 Å². The summed E-state index contributed by atoms with van der Waals surface area (Å²) < 4.78 is 5.55. The quantitative estimate of drug-likeness (QED) is 0.795. The number of nitrogens with zero attached hydrogens (tertiary/aromatic N) is 1. The van der Waals surface area contributed by atoms with Crippen LogP contribution >= 0.6 is 34.5 Å². The van der Waals surface area contributed by atoms with Gasteiger partial charge in [-0.25, -0.2) is 4.79 Å². The molecule has 3 rings (SSSR count). The standard InChI is InChI=1S/C16H14Cl2N2O3S/c1-16(10-4-7-24-9-10)14(21)20(15(22)19-16)5-6-23-13-3-2-11(17)8-12(13)18/h2-4,7-9H,5-6H2,1H3,(H,19,22)/t16-/m0/s1. The van der Waals surface area contributed by atoms with Crippen LogP contribution in [0, 0.1) is 0 Å². The molecule has 0 radical (unpaired) electrons. The third-order valence-corrected chi connectivity index (χ3v) is 5.05. The second-order valence-electron chi connectivity index (χ2n) is 5.45. The fraction of sp³-hybridized carbons (Fsp3) is 0.250. The number of thiophene rings is 1. The first kappa shape index (κ1) is 17.1. The van der Waals surface area contributed by atoms with Crippen LogP contribution in [0.3, 0.4) is 0 Å². The molecule has 1 fully saturated rings. The molecule has 24 heavy (non-hydrogen) atoms. The molecule has 0 bridgehead atoms. The monoisotopic (exact) mass is 384 g/mol. The second-order valence-corrected chi connectivity index (χ2v) is 7.07. The van der Waals surface area contributed by atoms with Crippen molar-refractivity contribution in [1.82, 2.24) is 10.2 Å². The van der Waals surface area contributed by atoms with Crippen LogP contribution in [0.2, 0.25) is 10.0 Å². The zero-order valence-corrected chi connectivity index (χ0v) is 15.0. The van der Waals surface area contributed by atoms with E-state index >= 15 is 0 Å². The van der Waals surface area contributed by atoms with Gasteiger partial charge in [0.25, 0.3) is 5.91 Å². The number of rotatable bonds is 5. The third kappa shape index (κ3) is 3.09. The normalized spacial score (nSPS) is 20.4. The Morgan fingerprint density at radius 2 is 2.08 bits per heavy atom. The number of urea groups is 1. The lowest BCUT2D eigenvalue weighted by Crippen LogP contribution is -2.41. The van der Waals surface area contributed by atoms with Crippen molar-refractivity contribution >= 4 is 46.5 Å². The number of ether oxygens (including phenoxy) is 1. The van der Waals surface area contributed by atoms with E-state index in [9.17, 15) is 9.59 Å². The lowest BCUT2D eigenvalue weighted by molar-refractivity contribution is -0.131. The number of halogens is 2. The summed E-state index contributed by atoms with van der Waals surface area (Å²) >= 11 is 13.3. The van der Waals surface area contributed by atoms with Crippen molar-refractivity contribution in [1.29, 1.82) is 0 Å². The number of hydrogen-bond donors (Lipinski definition) is 1. The zero-order chi connectivity index (χ0) is 17.3. The lowest BCUT2D eigenvalue weighted by atomic mass is 9.95. The van der Waals surface area contributed by atoms with Gasteiger partial charge in [0.2, 0.25) is 0 Å². The number of nitrogens with one attached hydrogen (secondary N) is 1. The van der Waals surface area contributed by atoms with Gasteiger partial charge in [0.15, 0.2) is 0 Å². The van der Waals surface area contributed by atoms with Crippen LogP contribution < -0.4 is 10.1 Å². The Kier molecular flexibility index (Phi) is 4.71. The predicted octanol–water partition coefficient (Wildman–Crippen LogP) is 3.90. The fourth-order valence-electron chi connectivity index (χ4n) is 2.48. The fourth-order valence-corrected chi connectivity index (χ4v) is 3.71. The van der Waals surface area contributed by atoms with Gasteiger partial charge in [0.05, 0.1) is 11.6 Å². The molecule has 0 unspecified atom stereocenters. The SMILES string of the molecule is C[C@@]1(c2ccsc2)NC(=O)N(CCOc2ccc(Cl)cc2Cl)C1=O. The number of carbonyl (C=O) groups is 2. The van der Waals surface area contributed by atoms with E-state index in [-0.39, 0.29) is 19.1 Å². The highest BCUT2D eigenvalue weighted by Crippen LogP contribution is 2.30. The molecule has 1 aliphatic heterocycles. The first-order valence-corrected chi connectivity index (χ1v) is 8.86. The molecule has 0 aliphatic carbocycles. The highest BCUT2D eigenvalue weighted by Gasteiger charge is 2.48. The molecule has 1 atom stereocenters. The van der Waals surface area contributed by atoms with Gasteiger partial charge in [-0.3, -0.25) is 9.69 Å². The van der Waals surface area contributed by atoms with Crippen LogP contribution in [0.5, 0.6) is 5.75 Å². The van der Waals surface area contributed by atoms with Crippen molar-refractivity contribution in [2.75, 3.05) is 13.2 Å². The molecular formula is C16H14Cl2N2O3S. The highest BCUT2D eigenvalue weighted by molar-refractivity contribution is 7.08. The number of amides is 3. The largest absolute Gasteiger partial charge is 0.490 e.